The van der Waals surface area contributed by atoms with Crippen LogP contribution in [-0.2, 0) is 17.8 Å². The summed E-state index contributed by atoms with van der Waals surface area (Å²) in [5.41, 5.74) is 3.87. The zero-order chi connectivity index (χ0) is 20.8. The summed E-state index contributed by atoms with van der Waals surface area (Å²) in [6.07, 6.45) is 4.98. The number of nitrogens with zero attached hydrogens (tertiary/aromatic N) is 3. The molecule has 2 aromatic carbocycles. The van der Waals surface area contributed by atoms with E-state index in [0.29, 0.717) is 37.3 Å². The van der Waals surface area contributed by atoms with Crippen LogP contribution < -0.4 is 5.32 Å². The van der Waals surface area contributed by atoms with E-state index < -0.39 is 0 Å². The van der Waals surface area contributed by atoms with E-state index in [2.05, 4.69) is 27.4 Å². The molecule has 0 aliphatic carbocycles. The fourth-order valence-corrected chi connectivity index (χ4v) is 3.59. The maximum atomic E-state index is 12.5. The van der Waals surface area contributed by atoms with Gasteiger partial charge in [0.15, 0.2) is 5.82 Å². The van der Waals surface area contributed by atoms with E-state index >= 15 is 0 Å². The van der Waals surface area contributed by atoms with Gasteiger partial charge in [-0.25, -0.2) is 9.97 Å². The SMILES string of the molecule is O=C(NCCCC(=O)N1CCc2ccccc2C1)c1cnc(-c2ccccc2)nc1. The Kier molecular flexibility index (Phi) is 6.13. The van der Waals surface area contributed by atoms with Crippen molar-refractivity contribution in [2.45, 2.75) is 25.8 Å². The normalized spacial score (nSPS) is 12.9. The number of carbonyl (C=O) groups is 2. The van der Waals surface area contributed by atoms with Crippen LogP contribution in [0.1, 0.15) is 34.3 Å². The molecule has 6 heteroatoms. The molecule has 1 aliphatic rings. The minimum absolute atomic E-state index is 0.134. The van der Waals surface area contributed by atoms with Gasteiger partial charge >= 0.3 is 0 Å². The summed E-state index contributed by atoms with van der Waals surface area (Å²) in [5, 5.41) is 2.84. The minimum Gasteiger partial charge on any atom is -0.352 e. The lowest BCUT2D eigenvalue weighted by Gasteiger charge is -2.29. The summed E-state index contributed by atoms with van der Waals surface area (Å²) in [7, 11) is 0. The van der Waals surface area contributed by atoms with Crippen LogP contribution in [0.2, 0.25) is 0 Å². The molecule has 0 spiro atoms. The number of hydrogen-bond acceptors (Lipinski definition) is 4. The lowest BCUT2D eigenvalue weighted by Crippen LogP contribution is -2.36. The van der Waals surface area contributed by atoms with E-state index in [4.69, 9.17) is 0 Å². The first-order chi connectivity index (χ1) is 14.7. The lowest BCUT2D eigenvalue weighted by atomic mass is 9.99. The van der Waals surface area contributed by atoms with E-state index in [-0.39, 0.29) is 11.8 Å². The monoisotopic (exact) mass is 400 g/mol. The van der Waals surface area contributed by atoms with Crippen LogP contribution in [0.15, 0.2) is 67.0 Å². The van der Waals surface area contributed by atoms with Gasteiger partial charge in [-0.15, -0.1) is 0 Å². The van der Waals surface area contributed by atoms with E-state index in [1.807, 2.05) is 47.4 Å². The molecular weight excluding hydrogens is 376 g/mol. The van der Waals surface area contributed by atoms with Crippen LogP contribution >= 0.6 is 0 Å². The highest BCUT2D eigenvalue weighted by molar-refractivity contribution is 5.93. The summed E-state index contributed by atoms with van der Waals surface area (Å²) in [6.45, 7) is 1.87. The van der Waals surface area contributed by atoms with Crippen LogP contribution in [0.3, 0.4) is 0 Å². The molecule has 2 heterocycles. The average molecular weight is 400 g/mol. The van der Waals surface area contributed by atoms with Gasteiger partial charge in [-0.3, -0.25) is 9.59 Å². The molecule has 0 radical (unpaired) electrons. The van der Waals surface area contributed by atoms with Gasteiger partial charge in [0.25, 0.3) is 5.91 Å². The molecule has 0 bridgehead atoms. The standard InChI is InChI=1S/C24H24N4O2/c29-22(28-14-12-18-7-4-5-10-20(18)17-28)11-6-13-25-24(30)21-15-26-23(27-16-21)19-8-2-1-3-9-19/h1-5,7-10,15-16H,6,11-14,17H2,(H,25,30). The van der Waals surface area contributed by atoms with E-state index in [0.717, 1.165) is 18.5 Å². The molecule has 3 aromatic rings. The third-order valence-electron chi connectivity index (χ3n) is 5.28. The van der Waals surface area contributed by atoms with Crippen LogP contribution in [0.25, 0.3) is 11.4 Å². The van der Waals surface area contributed by atoms with Crippen LogP contribution in [0, 0.1) is 0 Å². The smallest absolute Gasteiger partial charge is 0.254 e. The van der Waals surface area contributed by atoms with Gasteiger partial charge in [-0.1, -0.05) is 54.6 Å². The fourth-order valence-electron chi connectivity index (χ4n) is 3.59. The second kappa shape index (κ2) is 9.31. The molecule has 0 saturated carbocycles. The molecule has 1 aliphatic heterocycles. The van der Waals surface area contributed by atoms with Crippen molar-refractivity contribution in [3.05, 3.63) is 83.7 Å². The largest absolute Gasteiger partial charge is 0.352 e. The molecule has 30 heavy (non-hydrogen) atoms. The van der Waals surface area contributed by atoms with Crippen molar-refractivity contribution in [3.63, 3.8) is 0 Å². The zero-order valence-corrected chi connectivity index (χ0v) is 16.8. The van der Waals surface area contributed by atoms with Gasteiger partial charge in [0.2, 0.25) is 5.91 Å². The van der Waals surface area contributed by atoms with Gasteiger partial charge < -0.3 is 10.2 Å². The molecule has 1 aromatic heterocycles. The quantitative estimate of drug-likeness (QED) is 0.645. The Morgan fingerprint density at radius 1 is 0.933 bits per heavy atom. The average Bonchev–Trinajstić information content (AvgIpc) is 2.82. The summed E-state index contributed by atoms with van der Waals surface area (Å²) < 4.78 is 0. The summed E-state index contributed by atoms with van der Waals surface area (Å²) in [5.74, 6) is 0.490. The number of nitrogens with one attached hydrogen (secondary N) is 1. The molecule has 0 fully saturated rings. The van der Waals surface area contributed by atoms with Gasteiger partial charge in [0.1, 0.15) is 0 Å². The Morgan fingerprint density at radius 2 is 1.63 bits per heavy atom. The van der Waals surface area contributed by atoms with E-state index in [1.54, 1.807) is 0 Å². The van der Waals surface area contributed by atoms with Crippen LogP contribution in [0.4, 0.5) is 0 Å². The summed E-state index contributed by atoms with van der Waals surface area (Å²) in [4.78, 5) is 35.2. The highest BCUT2D eigenvalue weighted by atomic mass is 16.2. The van der Waals surface area contributed by atoms with E-state index in [1.165, 1.54) is 23.5 Å². The van der Waals surface area contributed by atoms with Gasteiger partial charge in [-0.2, -0.15) is 0 Å². The maximum absolute atomic E-state index is 12.5. The summed E-state index contributed by atoms with van der Waals surface area (Å²) in [6, 6.07) is 17.9. The van der Waals surface area contributed by atoms with Crippen molar-refractivity contribution in [2.75, 3.05) is 13.1 Å². The zero-order valence-electron chi connectivity index (χ0n) is 16.8. The predicted molar refractivity (Wildman–Crippen MR) is 115 cm³/mol. The molecule has 6 nitrogen and oxygen atoms in total. The Morgan fingerprint density at radius 3 is 2.40 bits per heavy atom. The van der Waals surface area contributed by atoms with E-state index in [9.17, 15) is 9.59 Å². The van der Waals surface area contributed by atoms with Crippen LogP contribution in [-0.4, -0.2) is 39.8 Å². The van der Waals surface area contributed by atoms with Gasteiger partial charge in [0.05, 0.1) is 5.56 Å². The molecule has 152 valence electrons. The van der Waals surface area contributed by atoms with Crippen molar-refractivity contribution in [3.8, 4) is 11.4 Å². The minimum atomic E-state index is -0.228. The van der Waals surface area contributed by atoms with Gasteiger partial charge in [0, 0.05) is 44.0 Å². The van der Waals surface area contributed by atoms with Crippen molar-refractivity contribution < 1.29 is 9.59 Å². The first-order valence-electron chi connectivity index (χ1n) is 10.2. The number of benzene rings is 2. The molecule has 0 saturated heterocycles. The Bertz CT molecular complexity index is 1020. The third kappa shape index (κ3) is 4.71. The van der Waals surface area contributed by atoms with Crippen molar-refractivity contribution in [1.82, 2.24) is 20.2 Å². The van der Waals surface area contributed by atoms with Crippen molar-refractivity contribution in [1.29, 1.82) is 0 Å². The highest BCUT2D eigenvalue weighted by Gasteiger charge is 2.19. The Balaban J connectivity index is 1.22. The molecule has 2 amide bonds. The Labute approximate surface area is 176 Å². The molecule has 0 unspecified atom stereocenters. The first kappa shape index (κ1) is 19.8. The van der Waals surface area contributed by atoms with Crippen LogP contribution in [0.5, 0.6) is 0 Å². The number of aromatic nitrogens is 2. The number of rotatable bonds is 6. The lowest BCUT2D eigenvalue weighted by molar-refractivity contribution is -0.132. The van der Waals surface area contributed by atoms with Crippen molar-refractivity contribution in [2.24, 2.45) is 0 Å². The number of amides is 2. The van der Waals surface area contributed by atoms with Gasteiger partial charge in [-0.05, 0) is 24.0 Å². The van der Waals surface area contributed by atoms with Crippen molar-refractivity contribution >= 4 is 11.8 Å². The topological polar surface area (TPSA) is 75.2 Å². The number of fused-ring (bicyclic) bond motifs is 1. The second-order valence-electron chi connectivity index (χ2n) is 7.35. The first-order valence-corrected chi connectivity index (χ1v) is 10.2. The second-order valence-corrected chi connectivity index (χ2v) is 7.35. The third-order valence-corrected chi connectivity index (χ3v) is 5.28. The fraction of sp³-hybridized carbons (Fsp3) is 0.250. The highest BCUT2D eigenvalue weighted by Crippen LogP contribution is 2.19. The molecule has 1 N–H and O–H groups in total. The number of carbonyl (C=O) groups excluding carboxylic acids is 2. The molecule has 0 atom stereocenters. The maximum Gasteiger partial charge on any atom is 0.254 e. The molecular formula is C24H24N4O2. The summed E-state index contributed by atoms with van der Waals surface area (Å²) >= 11 is 0. The predicted octanol–water partition coefficient (Wildman–Crippen LogP) is 3.24. The Hall–Kier alpha value is -3.54. The number of hydrogen-bond donors (Lipinski definition) is 1. The molecule has 4 rings (SSSR count).